The highest BCUT2D eigenvalue weighted by atomic mass is 79.9. The number of aryl methyl sites for hydroxylation is 1. The molecule has 0 aliphatic rings. The molecule has 98 valence electrons. The summed E-state index contributed by atoms with van der Waals surface area (Å²) in [5.41, 5.74) is 1.35. The Kier molecular flexibility index (Phi) is 6.18. The summed E-state index contributed by atoms with van der Waals surface area (Å²) in [6.07, 6.45) is 1.19. The average Bonchev–Trinajstić information content (AvgIpc) is 2.59. The van der Waals surface area contributed by atoms with E-state index in [1.165, 1.54) is 20.6 Å². The van der Waals surface area contributed by atoms with Gasteiger partial charge in [-0.05, 0) is 59.3 Å². The fraction of sp³-hybridized carbons (Fsp3) is 0.714. The minimum absolute atomic E-state index is 0.491. The van der Waals surface area contributed by atoms with Crippen molar-refractivity contribution in [2.75, 3.05) is 6.54 Å². The predicted molar refractivity (Wildman–Crippen MR) is 81.8 cm³/mol. The molecule has 3 heteroatoms. The van der Waals surface area contributed by atoms with Crippen LogP contribution in [-0.4, -0.2) is 6.54 Å². The quantitative estimate of drug-likeness (QED) is 0.764. The molecule has 1 aromatic heterocycles. The minimum atomic E-state index is 0.491. The maximum atomic E-state index is 3.70. The largest absolute Gasteiger partial charge is 0.309 e. The smallest absolute Gasteiger partial charge is 0.0731 e. The first-order valence-corrected chi connectivity index (χ1v) is 8.07. The third-order valence-corrected chi connectivity index (χ3v) is 5.59. The van der Waals surface area contributed by atoms with E-state index >= 15 is 0 Å². The van der Waals surface area contributed by atoms with Crippen LogP contribution in [0.5, 0.6) is 0 Å². The van der Waals surface area contributed by atoms with E-state index in [0.29, 0.717) is 17.9 Å². The fourth-order valence-corrected chi connectivity index (χ4v) is 3.63. The van der Waals surface area contributed by atoms with Gasteiger partial charge in [0.05, 0.1) is 3.79 Å². The summed E-state index contributed by atoms with van der Waals surface area (Å²) in [6.45, 7) is 12.4. The number of thiophene rings is 1. The first-order valence-electron chi connectivity index (χ1n) is 6.46. The number of rotatable bonds is 6. The monoisotopic (exact) mass is 317 g/mol. The molecule has 0 radical (unpaired) electrons. The molecule has 1 aromatic rings. The van der Waals surface area contributed by atoms with Crippen LogP contribution in [0.1, 0.15) is 50.6 Å². The molecular formula is C14H24BrNS. The fourth-order valence-electron chi connectivity index (χ4n) is 1.87. The summed E-state index contributed by atoms with van der Waals surface area (Å²) in [5.74, 6) is 1.36. The van der Waals surface area contributed by atoms with Crippen molar-refractivity contribution < 1.29 is 0 Å². The van der Waals surface area contributed by atoms with Gasteiger partial charge in [0.1, 0.15) is 0 Å². The molecule has 0 saturated carbocycles. The number of hydrogen-bond donors (Lipinski definition) is 1. The summed E-state index contributed by atoms with van der Waals surface area (Å²) in [7, 11) is 0. The Hall–Kier alpha value is 0.140. The predicted octanol–water partition coefficient (Wildman–Crippen LogP) is 5.15. The van der Waals surface area contributed by atoms with Gasteiger partial charge in [-0.25, -0.2) is 0 Å². The van der Waals surface area contributed by atoms with Crippen molar-refractivity contribution in [1.29, 1.82) is 0 Å². The lowest BCUT2D eigenvalue weighted by molar-refractivity contribution is 0.307. The molecule has 0 saturated heterocycles. The second kappa shape index (κ2) is 6.91. The number of hydrogen-bond acceptors (Lipinski definition) is 2. The lowest BCUT2D eigenvalue weighted by Gasteiger charge is -2.27. The molecule has 1 rings (SSSR count). The van der Waals surface area contributed by atoms with Gasteiger partial charge in [0, 0.05) is 10.9 Å². The zero-order chi connectivity index (χ0) is 13.0. The van der Waals surface area contributed by atoms with Crippen molar-refractivity contribution in [3.63, 3.8) is 0 Å². The van der Waals surface area contributed by atoms with Gasteiger partial charge in [-0.3, -0.25) is 0 Å². The molecule has 2 atom stereocenters. The van der Waals surface area contributed by atoms with Crippen LogP contribution in [0, 0.1) is 18.8 Å². The third-order valence-electron chi connectivity index (χ3n) is 3.37. The lowest BCUT2D eigenvalue weighted by Crippen LogP contribution is -2.29. The zero-order valence-electron chi connectivity index (χ0n) is 11.5. The van der Waals surface area contributed by atoms with Gasteiger partial charge in [0.15, 0.2) is 0 Å². The first kappa shape index (κ1) is 15.2. The Morgan fingerprint density at radius 3 is 2.41 bits per heavy atom. The van der Waals surface area contributed by atoms with Gasteiger partial charge in [0.2, 0.25) is 0 Å². The van der Waals surface area contributed by atoms with E-state index in [0.717, 1.165) is 6.54 Å². The van der Waals surface area contributed by atoms with E-state index in [1.54, 1.807) is 0 Å². The molecule has 0 amide bonds. The highest BCUT2D eigenvalue weighted by Gasteiger charge is 2.23. The maximum absolute atomic E-state index is 3.70. The van der Waals surface area contributed by atoms with Crippen molar-refractivity contribution in [2.24, 2.45) is 11.8 Å². The van der Waals surface area contributed by atoms with Crippen LogP contribution in [0.2, 0.25) is 0 Å². The Labute approximate surface area is 118 Å². The molecule has 1 heterocycles. The molecule has 0 bridgehead atoms. The summed E-state index contributed by atoms with van der Waals surface area (Å²) < 4.78 is 1.27. The number of halogens is 1. The molecule has 1 nitrogen and oxygen atoms in total. The summed E-state index contributed by atoms with van der Waals surface area (Å²) >= 11 is 5.50. The highest BCUT2D eigenvalue weighted by Crippen LogP contribution is 2.36. The van der Waals surface area contributed by atoms with Crippen LogP contribution in [0.15, 0.2) is 9.85 Å². The van der Waals surface area contributed by atoms with Crippen molar-refractivity contribution >= 4 is 27.3 Å². The summed E-state index contributed by atoms with van der Waals surface area (Å²) in [5, 5.41) is 3.70. The average molecular weight is 318 g/mol. The van der Waals surface area contributed by atoms with E-state index in [4.69, 9.17) is 0 Å². The summed E-state index contributed by atoms with van der Waals surface area (Å²) in [4.78, 5) is 1.46. The van der Waals surface area contributed by atoms with E-state index in [1.807, 2.05) is 11.3 Å². The van der Waals surface area contributed by atoms with E-state index in [9.17, 15) is 0 Å². The molecule has 0 aliphatic heterocycles. The SMILES string of the molecule is CCCNC(c1cc(C)c(Br)s1)C(C)C(C)C. The molecular weight excluding hydrogens is 294 g/mol. The minimum Gasteiger partial charge on any atom is -0.309 e. The number of nitrogens with one attached hydrogen (secondary N) is 1. The lowest BCUT2D eigenvalue weighted by atomic mass is 9.89. The van der Waals surface area contributed by atoms with Crippen LogP contribution < -0.4 is 5.32 Å². The van der Waals surface area contributed by atoms with Crippen molar-refractivity contribution in [1.82, 2.24) is 5.32 Å². The Morgan fingerprint density at radius 1 is 1.35 bits per heavy atom. The summed E-state index contributed by atoms with van der Waals surface area (Å²) in [6, 6.07) is 2.81. The molecule has 0 aliphatic carbocycles. The van der Waals surface area contributed by atoms with Crippen LogP contribution >= 0.6 is 27.3 Å². The molecule has 1 N–H and O–H groups in total. The van der Waals surface area contributed by atoms with Gasteiger partial charge < -0.3 is 5.32 Å². The van der Waals surface area contributed by atoms with Crippen LogP contribution in [-0.2, 0) is 0 Å². The van der Waals surface area contributed by atoms with Gasteiger partial charge in [-0.1, -0.05) is 27.7 Å². The van der Waals surface area contributed by atoms with Crippen LogP contribution in [0.3, 0.4) is 0 Å². The standard InChI is InChI=1S/C14H24BrNS/c1-6-7-16-13(11(5)9(2)3)12-8-10(4)14(15)17-12/h8-9,11,13,16H,6-7H2,1-5H3. The topological polar surface area (TPSA) is 12.0 Å². The second-order valence-corrected chi connectivity index (χ2v) is 7.54. The Bertz CT molecular complexity index is 326. The van der Waals surface area contributed by atoms with Crippen LogP contribution in [0.4, 0.5) is 0 Å². The van der Waals surface area contributed by atoms with Gasteiger partial charge in [-0.2, -0.15) is 0 Å². The van der Waals surface area contributed by atoms with Crippen molar-refractivity contribution in [2.45, 2.75) is 47.1 Å². The molecule has 0 fully saturated rings. The van der Waals surface area contributed by atoms with E-state index in [2.05, 4.69) is 61.9 Å². The van der Waals surface area contributed by atoms with E-state index in [-0.39, 0.29) is 0 Å². The van der Waals surface area contributed by atoms with E-state index < -0.39 is 0 Å². The zero-order valence-corrected chi connectivity index (χ0v) is 13.9. The van der Waals surface area contributed by atoms with Crippen LogP contribution in [0.25, 0.3) is 0 Å². The third kappa shape index (κ3) is 4.08. The Balaban J connectivity index is 2.88. The molecule has 0 aromatic carbocycles. The molecule has 0 spiro atoms. The van der Waals surface area contributed by atoms with Crippen molar-refractivity contribution in [3.8, 4) is 0 Å². The maximum Gasteiger partial charge on any atom is 0.0731 e. The van der Waals surface area contributed by atoms with Gasteiger partial charge in [0.25, 0.3) is 0 Å². The second-order valence-electron chi connectivity index (χ2n) is 5.14. The Morgan fingerprint density at radius 2 is 2.00 bits per heavy atom. The molecule has 2 unspecified atom stereocenters. The van der Waals surface area contributed by atoms with Gasteiger partial charge in [-0.15, -0.1) is 11.3 Å². The van der Waals surface area contributed by atoms with Gasteiger partial charge >= 0.3 is 0 Å². The molecule has 17 heavy (non-hydrogen) atoms. The van der Waals surface area contributed by atoms with Crippen molar-refractivity contribution in [3.05, 3.63) is 20.3 Å². The first-order chi connectivity index (χ1) is 7.97. The highest BCUT2D eigenvalue weighted by molar-refractivity contribution is 9.11. The normalized spacial score (nSPS) is 15.2.